The molecule has 0 aliphatic heterocycles. The summed E-state index contributed by atoms with van der Waals surface area (Å²) in [6, 6.07) is 1.44. The standard InChI is InChI=1S/C12H11F2NO3/c1-2-3-10(15-12(17)18)11(16)8-6-7(13)4-5-9(8)14/h1,4-6,10-11,15-16H,3H2,(H,17,18)/t10-,11+/m0/s1. The molecule has 1 aromatic rings. The zero-order chi connectivity index (χ0) is 13.7. The number of aliphatic hydroxyl groups is 1. The van der Waals surface area contributed by atoms with Gasteiger partial charge in [0.05, 0.1) is 6.04 Å². The van der Waals surface area contributed by atoms with E-state index in [9.17, 15) is 18.7 Å². The predicted molar refractivity (Wildman–Crippen MR) is 59.7 cm³/mol. The Balaban J connectivity index is 3.01. The van der Waals surface area contributed by atoms with Crippen LogP contribution in [-0.2, 0) is 0 Å². The number of halogens is 2. The Labute approximate surface area is 102 Å². The summed E-state index contributed by atoms with van der Waals surface area (Å²) in [7, 11) is 0. The minimum absolute atomic E-state index is 0.149. The molecule has 6 heteroatoms. The van der Waals surface area contributed by atoms with Gasteiger partial charge in [-0.3, -0.25) is 0 Å². The molecule has 0 aliphatic rings. The van der Waals surface area contributed by atoms with E-state index in [2.05, 4.69) is 5.92 Å². The Bertz CT molecular complexity index is 485. The lowest BCUT2D eigenvalue weighted by Gasteiger charge is -2.21. The largest absolute Gasteiger partial charge is 0.465 e. The number of hydrogen-bond donors (Lipinski definition) is 3. The van der Waals surface area contributed by atoms with E-state index in [-0.39, 0.29) is 12.0 Å². The van der Waals surface area contributed by atoms with E-state index in [0.29, 0.717) is 0 Å². The van der Waals surface area contributed by atoms with Crippen molar-refractivity contribution < 1.29 is 23.8 Å². The van der Waals surface area contributed by atoms with E-state index in [1.165, 1.54) is 0 Å². The second-order valence-corrected chi connectivity index (χ2v) is 3.57. The van der Waals surface area contributed by atoms with Gasteiger partial charge < -0.3 is 15.5 Å². The van der Waals surface area contributed by atoms with Crippen molar-refractivity contribution in [3.63, 3.8) is 0 Å². The van der Waals surface area contributed by atoms with Gasteiger partial charge in [-0.15, -0.1) is 12.3 Å². The molecular formula is C12H11F2NO3. The third kappa shape index (κ3) is 3.43. The average Bonchev–Trinajstić information content (AvgIpc) is 2.30. The van der Waals surface area contributed by atoms with Crippen molar-refractivity contribution >= 4 is 6.09 Å². The van der Waals surface area contributed by atoms with Gasteiger partial charge in [0.1, 0.15) is 17.7 Å². The molecule has 0 saturated carbocycles. The zero-order valence-corrected chi connectivity index (χ0v) is 9.23. The Morgan fingerprint density at radius 1 is 1.50 bits per heavy atom. The van der Waals surface area contributed by atoms with Crippen LogP contribution in [-0.4, -0.2) is 22.3 Å². The fourth-order valence-corrected chi connectivity index (χ4v) is 1.49. The summed E-state index contributed by atoms with van der Waals surface area (Å²) in [6.07, 6.45) is 1.90. The van der Waals surface area contributed by atoms with Gasteiger partial charge in [0.25, 0.3) is 0 Å². The normalized spacial score (nSPS) is 13.4. The molecule has 2 atom stereocenters. The van der Waals surface area contributed by atoms with Crippen molar-refractivity contribution in [2.45, 2.75) is 18.6 Å². The molecule has 4 nitrogen and oxygen atoms in total. The van der Waals surface area contributed by atoms with E-state index in [4.69, 9.17) is 11.5 Å². The Morgan fingerprint density at radius 2 is 2.17 bits per heavy atom. The Morgan fingerprint density at radius 3 is 2.72 bits per heavy atom. The van der Waals surface area contributed by atoms with Gasteiger partial charge in [0.2, 0.25) is 0 Å². The number of terminal acetylenes is 1. The first-order valence-corrected chi connectivity index (χ1v) is 5.01. The number of carbonyl (C=O) groups is 1. The molecule has 1 amide bonds. The van der Waals surface area contributed by atoms with E-state index in [1.54, 1.807) is 0 Å². The maximum Gasteiger partial charge on any atom is 0.405 e. The topological polar surface area (TPSA) is 69.6 Å². The lowest BCUT2D eigenvalue weighted by atomic mass is 9.99. The van der Waals surface area contributed by atoms with Crippen LogP contribution in [0, 0.1) is 24.0 Å². The molecule has 3 N–H and O–H groups in total. The van der Waals surface area contributed by atoms with Crippen LogP contribution in [0.4, 0.5) is 13.6 Å². The molecule has 0 spiro atoms. The molecule has 96 valence electrons. The molecule has 1 rings (SSSR count). The molecule has 0 radical (unpaired) electrons. The van der Waals surface area contributed by atoms with Crippen molar-refractivity contribution in [2.75, 3.05) is 0 Å². The summed E-state index contributed by atoms with van der Waals surface area (Å²) in [4.78, 5) is 10.5. The third-order valence-corrected chi connectivity index (χ3v) is 2.30. The highest BCUT2D eigenvalue weighted by atomic mass is 19.1. The summed E-state index contributed by atoms with van der Waals surface area (Å²) >= 11 is 0. The molecule has 0 bridgehead atoms. The van der Waals surface area contributed by atoms with Crippen LogP contribution < -0.4 is 5.32 Å². The van der Waals surface area contributed by atoms with Gasteiger partial charge in [0.15, 0.2) is 0 Å². The molecule has 0 heterocycles. The molecule has 0 aliphatic carbocycles. The van der Waals surface area contributed by atoms with Gasteiger partial charge in [-0.1, -0.05) is 0 Å². The smallest absolute Gasteiger partial charge is 0.405 e. The van der Waals surface area contributed by atoms with Crippen LogP contribution in [0.1, 0.15) is 18.1 Å². The minimum Gasteiger partial charge on any atom is -0.465 e. The quantitative estimate of drug-likeness (QED) is 0.716. The highest BCUT2D eigenvalue weighted by molar-refractivity contribution is 5.65. The van der Waals surface area contributed by atoms with Gasteiger partial charge in [0, 0.05) is 12.0 Å². The van der Waals surface area contributed by atoms with Crippen LogP contribution in [0.25, 0.3) is 0 Å². The van der Waals surface area contributed by atoms with E-state index < -0.39 is 29.9 Å². The number of carboxylic acid groups (broad SMARTS) is 1. The van der Waals surface area contributed by atoms with E-state index in [1.807, 2.05) is 5.32 Å². The van der Waals surface area contributed by atoms with Gasteiger partial charge in [-0.25, -0.2) is 13.6 Å². The predicted octanol–water partition coefficient (Wildman–Crippen LogP) is 1.66. The highest BCUT2D eigenvalue weighted by Crippen LogP contribution is 2.22. The summed E-state index contributed by atoms with van der Waals surface area (Å²) in [5.74, 6) is 0.585. The van der Waals surface area contributed by atoms with Crippen LogP contribution in [0.2, 0.25) is 0 Å². The Kier molecular flexibility index (Phi) is 4.63. The third-order valence-electron chi connectivity index (χ3n) is 2.30. The van der Waals surface area contributed by atoms with Gasteiger partial charge in [-0.05, 0) is 18.2 Å². The second kappa shape index (κ2) is 5.98. The van der Waals surface area contributed by atoms with Gasteiger partial charge in [-0.2, -0.15) is 0 Å². The highest BCUT2D eigenvalue weighted by Gasteiger charge is 2.24. The number of rotatable bonds is 4. The minimum atomic E-state index is -1.56. The number of amides is 1. The average molecular weight is 255 g/mol. The van der Waals surface area contributed by atoms with Crippen molar-refractivity contribution in [1.82, 2.24) is 5.32 Å². The van der Waals surface area contributed by atoms with E-state index in [0.717, 1.165) is 18.2 Å². The number of nitrogens with one attached hydrogen (secondary N) is 1. The molecule has 0 aromatic heterocycles. The lowest BCUT2D eigenvalue weighted by molar-refractivity contribution is 0.118. The summed E-state index contributed by atoms with van der Waals surface area (Å²) < 4.78 is 26.4. The molecule has 0 saturated heterocycles. The monoisotopic (exact) mass is 255 g/mol. The van der Waals surface area contributed by atoms with E-state index >= 15 is 0 Å². The number of aliphatic hydroxyl groups excluding tert-OH is 1. The molecule has 1 aromatic carbocycles. The summed E-state index contributed by atoms with van der Waals surface area (Å²) in [6.45, 7) is 0. The van der Waals surface area contributed by atoms with Crippen molar-refractivity contribution in [3.8, 4) is 12.3 Å². The molecule has 0 fully saturated rings. The molecule has 0 unspecified atom stereocenters. The van der Waals surface area contributed by atoms with Gasteiger partial charge >= 0.3 is 6.09 Å². The number of hydrogen-bond acceptors (Lipinski definition) is 2. The fraction of sp³-hybridized carbons (Fsp3) is 0.250. The summed E-state index contributed by atoms with van der Waals surface area (Å²) in [5.41, 5.74) is -0.344. The van der Waals surface area contributed by atoms with Crippen molar-refractivity contribution in [3.05, 3.63) is 35.4 Å². The van der Waals surface area contributed by atoms with Crippen LogP contribution in [0.5, 0.6) is 0 Å². The summed E-state index contributed by atoms with van der Waals surface area (Å²) in [5, 5.41) is 20.4. The van der Waals surface area contributed by atoms with Crippen LogP contribution in [0.15, 0.2) is 18.2 Å². The maximum absolute atomic E-state index is 13.4. The SMILES string of the molecule is C#CC[C@H](NC(=O)O)[C@H](O)c1cc(F)ccc1F. The zero-order valence-electron chi connectivity index (χ0n) is 9.23. The lowest BCUT2D eigenvalue weighted by Crippen LogP contribution is -2.38. The molecular weight excluding hydrogens is 244 g/mol. The second-order valence-electron chi connectivity index (χ2n) is 3.57. The van der Waals surface area contributed by atoms with Crippen LogP contribution in [0.3, 0.4) is 0 Å². The first-order chi connectivity index (χ1) is 8.45. The first kappa shape index (κ1) is 13.9. The molecule has 18 heavy (non-hydrogen) atoms. The Hall–Kier alpha value is -2.13. The fourth-order valence-electron chi connectivity index (χ4n) is 1.49. The number of benzene rings is 1. The van der Waals surface area contributed by atoms with Crippen LogP contribution >= 0.6 is 0 Å². The van der Waals surface area contributed by atoms with Crippen molar-refractivity contribution in [2.24, 2.45) is 0 Å². The maximum atomic E-state index is 13.4. The van der Waals surface area contributed by atoms with Crippen molar-refractivity contribution in [1.29, 1.82) is 0 Å². The first-order valence-electron chi connectivity index (χ1n) is 5.01.